The Bertz CT molecular complexity index is 1300. The summed E-state index contributed by atoms with van der Waals surface area (Å²) in [5.74, 6) is -0.705. The molecule has 0 bridgehead atoms. The number of carbonyl (C=O) groups is 2. The van der Waals surface area contributed by atoms with Crippen LogP contribution in [0.3, 0.4) is 0 Å². The van der Waals surface area contributed by atoms with Crippen LogP contribution in [0.5, 0.6) is 0 Å². The summed E-state index contributed by atoms with van der Waals surface area (Å²) in [5.41, 5.74) is 3.99. The van der Waals surface area contributed by atoms with Crippen molar-refractivity contribution < 1.29 is 9.59 Å². The lowest BCUT2D eigenvalue weighted by atomic mass is 10.2. The fourth-order valence-electron chi connectivity index (χ4n) is 3.30. The molecular weight excluding hydrogens is 398 g/mol. The molecule has 11 nitrogen and oxygen atoms in total. The first-order valence-electron chi connectivity index (χ1n) is 9.74. The summed E-state index contributed by atoms with van der Waals surface area (Å²) in [7, 11) is 5.16. The maximum absolute atomic E-state index is 13.0. The van der Waals surface area contributed by atoms with Gasteiger partial charge in [0.15, 0.2) is 11.3 Å². The molecule has 0 saturated carbocycles. The van der Waals surface area contributed by atoms with Crippen LogP contribution in [0.4, 0.5) is 5.69 Å². The highest BCUT2D eigenvalue weighted by atomic mass is 16.2. The minimum Gasteiger partial charge on any atom is -0.343 e. The molecule has 0 unspecified atom stereocenters. The average Bonchev–Trinajstić information content (AvgIpc) is 3.44. The molecule has 0 fully saturated rings. The van der Waals surface area contributed by atoms with Gasteiger partial charge in [-0.1, -0.05) is 0 Å². The van der Waals surface area contributed by atoms with Crippen molar-refractivity contribution in [2.24, 2.45) is 7.05 Å². The standard InChI is InChI=1S/C20H23N9O2/c1-6-28-18(20(31)26(3)4)15(11-23-28)24-19(30)14-9-17-21-8-7-16(29(17)25-14)13-10-22-27(5)12(13)2/h7-11H,6H2,1-5H3,(H,24,30). The van der Waals surface area contributed by atoms with Gasteiger partial charge >= 0.3 is 0 Å². The number of nitrogens with one attached hydrogen (secondary N) is 1. The van der Waals surface area contributed by atoms with Crippen molar-refractivity contribution >= 4 is 23.1 Å². The van der Waals surface area contributed by atoms with Gasteiger partial charge in [0.25, 0.3) is 11.8 Å². The highest BCUT2D eigenvalue weighted by Gasteiger charge is 2.23. The van der Waals surface area contributed by atoms with Crippen LogP contribution >= 0.6 is 0 Å². The first-order valence-corrected chi connectivity index (χ1v) is 9.74. The van der Waals surface area contributed by atoms with E-state index in [9.17, 15) is 9.59 Å². The molecule has 0 aliphatic carbocycles. The monoisotopic (exact) mass is 421 g/mol. The van der Waals surface area contributed by atoms with Crippen LogP contribution in [0.2, 0.25) is 0 Å². The normalized spacial score (nSPS) is 11.1. The summed E-state index contributed by atoms with van der Waals surface area (Å²) in [5, 5.41) is 15.7. The fourth-order valence-corrected chi connectivity index (χ4v) is 3.30. The highest BCUT2D eigenvalue weighted by Crippen LogP contribution is 2.23. The maximum atomic E-state index is 13.0. The molecule has 4 aromatic heterocycles. The van der Waals surface area contributed by atoms with Gasteiger partial charge in [-0.3, -0.25) is 19.0 Å². The first-order chi connectivity index (χ1) is 14.8. The Kier molecular flexibility index (Phi) is 5.01. The zero-order chi connectivity index (χ0) is 22.3. The zero-order valence-electron chi connectivity index (χ0n) is 18.0. The summed E-state index contributed by atoms with van der Waals surface area (Å²) in [6.45, 7) is 4.33. The quantitative estimate of drug-likeness (QED) is 0.523. The minimum absolute atomic E-state index is 0.175. The first kappa shape index (κ1) is 20.3. The lowest BCUT2D eigenvalue weighted by Gasteiger charge is -2.13. The molecule has 0 aromatic carbocycles. The summed E-state index contributed by atoms with van der Waals surface area (Å²) in [4.78, 5) is 31.3. The van der Waals surface area contributed by atoms with E-state index in [-0.39, 0.29) is 11.6 Å². The molecule has 11 heteroatoms. The van der Waals surface area contributed by atoms with Crippen LogP contribution in [0.25, 0.3) is 16.9 Å². The van der Waals surface area contributed by atoms with Gasteiger partial charge in [0.2, 0.25) is 0 Å². The molecule has 2 amide bonds. The summed E-state index contributed by atoms with van der Waals surface area (Å²) in [6, 6.07) is 3.42. The number of fused-ring (bicyclic) bond motifs is 1. The molecule has 0 saturated heterocycles. The smallest absolute Gasteiger partial charge is 0.276 e. The van der Waals surface area contributed by atoms with E-state index < -0.39 is 5.91 Å². The molecule has 4 rings (SSSR count). The second kappa shape index (κ2) is 7.67. The van der Waals surface area contributed by atoms with Crippen molar-refractivity contribution in [3.8, 4) is 11.3 Å². The number of hydrogen-bond donors (Lipinski definition) is 1. The Morgan fingerprint density at radius 1 is 1.19 bits per heavy atom. The lowest BCUT2D eigenvalue weighted by Crippen LogP contribution is -2.26. The van der Waals surface area contributed by atoms with Gasteiger partial charge in [-0.05, 0) is 19.9 Å². The van der Waals surface area contributed by atoms with Gasteiger partial charge < -0.3 is 10.2 Å². The third-order valence-electron chi connectivity index (χ3n) is 5.10. The van der Waals surface area contributed by atoms with Gasteiger partial charge in [0, 0.05) is 51.2 Å². The second-order valence-electron chi connectivity index (χ2n) is 7.27. The average molecular weight is 421 g/mol. The van der Waals surface area contributed by atoms with Crippen LogP contribution in [-0.2, 0) is 13.6 Å². The van der Waals surface area contributed by atoms with E-state index in [1.54, 1.807) is 46.4 Å². The van der Waals surface area contributed by atoms with Crippen LogP contribution in [0.1, 0.15) is 33.6 Å². The van der Waals surface area contributed by atoms with Crippen molar-refractivity contribution in [2.45, 2.75) is 20.4 Å². The lowest BCUT2D eigenvalue weighted by molar-refractivity contribution is 0.0816. The Balaban J connectivity index is 1.70. The SMILES string of the molecule is CCn1ncc(NC(=O)c2cc3nccc(-c4cnn(C)c4C)n3n2)c1C(=O)N(C)C. The number of rotatable bonds is 5. The van der Waals surface area contributed by atoms with Crippen molar-refractivity contribution in [3.05, 3.63) is 47.8 Å². The number of aromatic nitrogens is 7. The van der Waals surface area contributed by atoms with E-state index in [1.807, 2.05) is 27.0 Å². The van der Waals surface area contributed by atoms with Crippen LogP contribution < -0.4 is 5.32 Å². The molecule has 0 spiro atoms. The molecule has 0 aliphatic heterocycles. The molecule has 0 radical (unpaired) electrons. The molecule has 4 heterocycles. The molecule has 160 valence electrons. The van der Waals surface area contributed by atoms with Crippen molar-refractivity contribution in [1.82, 2.24) is 39.1 Å². The maximum Gasteiger partial charge on any atom is 0.276 e. The summed E-state index contributed by atoms with van der Waals surface area (Å²) < 4.78 is 4.93. The molecule has 0 atom stereocenters. The summed E-state index contributed by atoms with van der Waals surface area (Å²) in [6.07, 6.45) is 4.89. The molecule has 31 heavy (non-hydrogen) atoms. The Morgan fingerprint density at radius 3 is 2.61 bits per heavy atom. The number of amides is 2. The van der Waals surface area contributed by atoms with Crippen molar-refractivity contribution in [3.63, 3.8) is 0 Å². The Hall–Kier alpha value is -4.02. The number of carbonyl (C=O) groups excluding carboxylic acids is 2. The Labute approximate surface area is 178 Å². The van der Waals surface area contributed by atoms with Crippen LogP contribution in [0.15, 0.2) is 30.7 Å². The number of hydrogen-bond acceptors (Lipinski definition) is 6. The Morgan fingerprint density at radius 2 is 1.97 bits per heavy atom. The molecule has 1 N–H and O–H groups in total. The van der Waals surface area contributed by atoms with Crippen molar-refractivity contribution in [1.29, 1.82) is 0 Å². The van der Waals surface area contributed by atoms with Crippen LogP contribution in [-0.4, -0.2) is 65.0 Å². The molecular formula is C20H23N9O2. The van der Waals surface area contributed by atoms with Gasteiger partial charge in [-0.25, -0.2) is 9.50 Å². The number of nitrogens with zero attached hydrogens (tertiary/aromatic N) is 8. The van der Waals surface area contributed by atoms with E-state index in [0.29, 0.717) is 23.6 Å². The van der Waals surface area contributed by atoms with E-state index in [4.69, 9.17) is 0 Å². The zero-order valence-corrected chi connectivity index (χ0v) is 18.0. The predicted molar refractivity (Wildman–Crippen MR) is 114 cm³/mol. The van der Waals surface area contributed by atoms with Crippen molar-refractivity contribution in [2.75, 3.05) is 19.4 Å². The predicted octanol–water partition coefficient (Wildman–Crippen LogP) is 1.61. The number of anilines is 1. The second-order valence-corrected chi connectivity index (χ2v) is 7.27. The minimum atomic E-state index is -0.456. The highest BCUT2D eigenvalue weighted by molar-refractivity contribution is 6.07. The van der Waals surface area contributed by atoms with Gasteiger partial charge in [-0.2, -0.15) is 15.3 Å². The number of aryl methyl sites for hydroxylation is 2. The fraction of sp³-hybridized carbons (Fsp3) is 0.300. The van der Waals surface area contributed by atoms with Gasteiger partial charge in [-0.15, -0.1) is 0 Å². The van der Waals surface area contributed by atoms with Gasteiger partial charge in [0.05, 0.1) is 23.8 Å². The van der Waals surface area contributed by atoms with E-state index in [2.05, 4.69) is 25.6 Å². The van der Waals surface area contributed by atoms with Crippen LogP contribution in [0, 0.1) is 6.92 Å². The third-order valence-corrected chi connectivity index (χ3v) is 5.10. The molecule has 4 aromatic rings. The van der Waals surface area contributed by atoms with E-state index in [1.165, 1.54) is 11.1 Å². The van der Waals surface area contributed by atoms with E-state index in [0.717, 1.165) is 17.0 Å². The van der Waals surface area contributed by atoms with E-state index >= 15 is 0 Å². The van der Waals surface area contributed by atoms with Gasteiger partial charge in [0.1, 0.15) is 5.69 Å². The summed E-state index contributed by atoms with van der Waals surface area (Å²) >= 11 is 0. The third kappa shape index (κ3) is 3.43. The molecule has 0 aliphatic rings. The largest absolute Gasteiger partial charge is 0.343 e. The topological polar surface area (TPSA) is 115 Å².